The van der Waals surface area contributed by atoms with Crippen molar-refractivity contribution in [3.05, 3.63) is 94.0 Å². The lowest BCUT2D eigenvalue weighted by Crippen LogP contribution is -2.49. The van der Waals surface area contributed by atoms with E-state index in [4.69, 9.17) is 4.74 Å². The lowest BCUT2D eigenvalue weighted by Gasteiger charge is -2.33. The second-order valence-electron chi connectivity index (χ2n) is 8.84. The minimum Gasteiger partial charge on any atom is -0.480 e. The Bertz CT molecular complexity index is 1380. The largest absolute Gasteiger partial charge is 0.480 e. The molecule has 0 spiro atoms. The number of aliphatic hydroxyl groups excluding tert-OH is 1. The topological polar surface area (TPSA) is 93.8 Å². The molecule has 3 aromatic carbocycles. The van der Waals surface area contributed by atoms with Crippen molar-refractivity contribution in [2.75, 3.05) is 19.8 Å². The number of nitriles is 1. The van der Waals surface area contributed by atoms with Crippen molar-refractivity contribution in [3.63, 3.8) is 0 Å². The number of morpholine rings is 1. The molecule has 1 heterocycles. The molecule has 0 radical (unpaired) electrons. The number of hydrogen-bond acceptors (Lipinski definition) is 5. The molecule has 9 heteroatoms. The molecule has 4 rings (SSSR count). The second kappa shape index (κ2) is 11.6. The zero-order chi connectivity index (χ0) is 27.3. The van der Waals surface area contributed by atoms with Gasteiger partial charge in [0.2, 0.25) is 0 Å². The summed E-state index contributed by atoms with van der Waals surface area (Å²) in [5.74, 6) is -1.13. The second-order valence-corrected chi connectivity index (χ2v) is 8.84. The zero-order valence-corrected chi connectivity index (χ0v) is 20.3. The van der Waals surface area contributed by atoms with E-state index in [1.165, 1.54) is 23.1 Å². The third-order valence-corrected chi connectivity index (χ3v) is 6.48. The van der Waals surface area contributed by atoms with Gasteiger partial charge in [-0.3, -0.25) is 9.69 Å². The van der Waals surface area contributed by atoms with Crippen LogP contribution in [-0.2, 0) is 28.9 Å². The molecule has 1 fully saturated rings. The quantitative estimate of drug-likeness (QED) is 0.415. The van der Waals surface area contributed by atoms with E-state index in [1.54, 1.807) is 18.2 Å². The minimum absolute atomic E-state index is 0.0694. The highest BCUT2D eigenvalue weighted by Gasteiger charge is 2.35. The highest BCUT2D eigenvalue weighted by Crippen LogP contribution is 2.36. The van der Waals surface area contributed by atoms with Crippen LogP contribution in [0.3, 0.4) is 0 Å². The summed E-state index contributed by atoms with van der Waals surface area (Å²) in [4.78, 5) is 13.1. The molecule has 196 valence electrons. The van der Waals surface area contributed by atoms with Gasteiger partial charge in [0.15, 0.2) is 0 Å². The third-order valence-electron chi connectivity index (χ3n) is 6.48. The molecule has 1 saturated heterocycles. The standard InChI is InChI=1S/C29H25F3N2O4/c30-29(31,32)26-14-22(16-34-11-12-38-18-27(34)28(36)37)23(17-35)13-21(26)10-9-20-7-4-8-24(25(20)15-33)19-5-2-1-3-6-19/h1-10,13-14,27,35H,11-12,16-18H2,(H,36,37). The first-order valence-corrected chi connectivity index (χ1v) is 11.9. The summed E-state index contributed by atoms with van der Waals surface area (Å²) in [6.07, 6.45) is -1.96. The van der Waals surface area contributed by atoms with E-state index >= 15 is 0 Å². The smallest absolute Gasteiger partial charge is 0.416 e. The molecule has 1 atom stereocenters. The molecule has 6 nitrogen and oxygen atoms in total. The van der Waals surface area contributed by atoms with Crippen molar-refractivity contribution in [2.24, 2.45) is 0 Å². The number of carboxylic acid groups (broad SMARTS) is 1. The number of ether oxygens (including phenoxy) is 1. The van der Waals surface area contributed by atoms with Crippen molar-refractivity contribution >= 4 is 18.1 Å². The Morgan fingerprint density at radius 3 is 2.47 bits per heavy atom. The monoisotopic (exact) mass is 522 g/mol. The Balaban J connectivity index is 1.74. The Morgan fingerprint density at radius 2 is 1.82 bits per heavy atom. The first-order chi connectivity index (χ1) is 18.2. The molecular weight excluding hydrogens is 497 g/mol. The van der Waals surface area contributed by atoms with E-state index in [-0.39, 0.29) is 43.0 Å². The number of rotatable bonds is 7. The van der Waals surface area contributed by atoms with Crippen LogP contribution >= 0.6 is 0 Å². The molecule has 2 N–H and O–H groups in total. The van der Waals surface area contributed by atoms with Gasteiger partial charge >= 0.3 is 12.1 Å². The fraction of sp³-hybridized carbons (Fsp3) is 0.241. The predicted molar refractivity (Wildman–Crippen MR) is 136 cm³/mol. The van der Waals surface area contributed by atoms with Crippen LogP contribution in [0.5, 0.6) is 0 Å². The lowest BCUT2D eigenvalue weighted by atomic mass is 9.94. The number of aliphatic hydroxyl groups is 1. The van der Waals surface area contributed by atoms with E-state index in [0.29, 0.717) is 16.7 Å². The number of hydrogen-bond donors (Lipinski definition) is 2. The minimum atomic E-state index is -4.70. The molecule has 1 aliphatic rings. The Labute approximate surface area is 217 Å². The summed E-state index contributed by atoms with van der Waals surface area (Å²) in [5, 5.41) is 29.3. The molecule has 0 amide bonds. The summed E-state index contributed by atoms with van der Waals surface area (Å²) in [6, 6.07) is 17.8. The number of carbonyl (C=O) groups is 1. The molecule has 0 bridgehead atoms. The van der Waals surface area contributed by atoms with Crippen molar-refractivity contribution in [2.45, 2.75) is 25.4 Å². The Kier molecular flexibility index (Phi) is 8.27. The van der Waals surface area contributed by atoms with Gasteiger partial charge in [-0.1, -0.05) is 60.7 Å². The summed E-state index contributed by atoms with van der Waals surface area (Å²) < 4.78 is 47.6. The van der Waals surface area contributed by atoms with Crippen LogP contribution in [0.15, 0.2) is 60.7 Å². The van der Waals surface area contributed by atoms with E-state index < -0.39 is 30.4 Å². The summed E-state index contributed by atoms with van der Waals surface area (Å²) in [6.45, 7) is -0.182. The van der Waals surface area contributed by atoms with Crippen LogP contribution in [0.25, 0.3) is 23.3 Å². The highest BCUT2D eigenvalue weighted by atomic mass is 19.4. The lowest BCUT2D eigenvalue weighted by molar-refractivity contribution is -0.150. The average Bonchev–Trinajstić information content (AvgIpc) is 2.91. The van der Waals surface area contributed by atoms with E-state index in [0.717, 1.165) is 11.6 Å². The van der Waals surface area contributed by atoms with Gasteiger partial charge < -0.3 is 14.9 Å². The summed E-state index contributed by atoms with van der Waals surface area (Å²) >= 11 is 0. The number of alkyl halides is 3. The van der Waals surface area contributed by atoms with Crippen LogP contribution in [0, 0.1) is 11.3 Å². The molecule has 0 aromatic heterocycles. The number of halogens is 3. The van der Waals surface area contributed by atoms with Crippen molar-refractivity contribution in [3.8, 4) is 17.2 Å². The predicted octanol–water partition coefficient (Wildman–Crippen LogP) is 5.19. The fourth-order valence-electron chi connectivity index (χ4n) is 4.53. The van der Waals surface area contributed by atoms with E-state index in [1.807, 2.05) is 30.3 Å². The van der Waals surface area contributed by atoms with E-state index in [2.05, 4.69) is 6.07 Å². The van der Waals surface area contributed by atoms with Crippen LogP contribution in [0.1, 0.15) is 33.4 Å². The number of benzene rings is 3. The molecule has 1 aliphatic heterocycles. The highest BCUT2D eigenvalue weighted by molar-refractivity contribution is 5.81. The van der Waals surface area contributed by atoms with Gasteiger partial charge in [-0.15, -0.1) is 0 Å². The van der Waals surface area contributed by atoms with Gasteiger partial charge in [0.05, 0.1) is 30.9 Å². The normalized spacial score (nSPS) is 16.4. The third kappa shape index (κ3) is 5.94. The van der Waals surface area contributed by atoms with Crippen LogP contribution in [0.4, 0.5) is 13.2 Å². The molecule has 1 unspecified atom stereocenters. The van der Waals surface area contributed by atoms with Gasteiger partial charge in [0, 0.05) is 18.7 Å². The van der Waals surface area contributed by atoms with Crippen molar-refractivity contribution in [1.82, 2.24) is 4.90 Å². The maximum Gasteiger partial charge on any atom is 0.416 e. The zero-order valence-electron chi connectivity index (χ0n) is 20.3. The summed E-state index contributed by atoms with van der Waals surface area (Å²) in [5.41, 5.74) is 1.61. The van der Waals surface area contributed by atoms with Crippen LogP contribution < -0.4 is 0 Å². The molecular formula is C29H25F3N2O4. The van der Waals surface area contributed by atoms with Gasteiger partial charge in [0.1, 0.15) is 12.1 Å². The first-order valence-electron chi connectivity index (χ1n) is 11.9. The van der Waals surface area contributed by atoms with E-state index in [9.17, 15) is 33.4 Å². The number of carboxylic acids is 1. The molecule has 38 heavy (non-hydrogen) atoms. The van der Waals surface area contributed by atoms with Gasteiger partial charge in [-0.25, -0.2) is 0 Å². The maximum atomic E-state index is 14.1. The maximum absolute atomic E-state index is 14.1. The first kappa shape index (κ1) is 27.1. The van der Waals surface area contributed by atoms with Gasteiger partial charge in [-0.2, -0.15) is 18.4 Å². The van der Waals surface area contributed by atoms with Gasteiger partial charge in [0.25, 0.3) is 0 Å². The van der Waals surface area contributed by atoms with Gasteiger partial charge in [-0.05, 0) is 39.9 Å². The molecule has 0 saturated carbocycles. The van der Waals surface area contributed by atoms with Crippen LogP contribution in [-0.4, -0.2) is 46.9 Å². The summed E-state index contributed by atoms with van der Waals surface area (Å²) in [7, 11) is 0. The molecule has 3 aromatic rings. The average molecular weight is 523 g/mol. The van der Waals surface area contributed by atoms with Crippen molar-refractivity contribution in [1.29, 1.82) is 5.26 Å². The van der Waals surface area contributed by atoms with Crippen molar-refractivity contribution < 1.29 is 32.9 Å². The number of aliphatic carboxylic acids is 1. The molecule has 0 aliphatic carbocycles. The Hall–Kier alpha value is -3.97. The SMILES string of the molecule is N#Cc1c(C=Cc2cc(CO)c(CN3CCOCC3C(=O)O)cc2C(F)(F)F)cccc1-c1ccccc1. The fourth-order valence-corrected chi connectivity index (χ4v) is 4.53. The van der Waals surface area contributed by atoms with Crippen LogP contribution in [0.2, 0.25) is 0 Å². The Morgan fingerprint density at radius 1 is 1.08 bits per heavy atom. The number of nitrogens with zero attached hydrogens (tertiary/aromatic N) is 2.